The number of hydrogen-bond acceptors (Lipinski definition) is 3. The van der Waals surface area contributed by atoms with Crippen LogP contribution in [0.25, 0.3) is 0 Å². The van der Waals surface area contributed by atoms with E-state index in [4.69, 9.17) is 5.11 Å². The first-order valence-electron chi connectivity index (χ1n) is 5.74. The van der Waals surface area contributed by atoms with E-state index in [0.717, 1.165) is 32.6 Å². The number of rotatable bonds is 4. The van der Waals surface area contributed by atoms with Crippen LogP contribution in [0.1, 0.15) is 26.2 Å². The molecular weight excluding hydrogens is 192 g/mol. The summed E-state index contributed by atoms with van der Waals surface area (Å²) in [6.07, 6.45) is 2.24. The van der Waals surface area contributed by atoms with Crippen LogP contribution in [0.5, 0.6) is 0 Å². The first kappa shape index (κ1) is 12.5. The standard InChI is InChI=1S/C11H22N2O2/c1-10(4-5-11(14)15)13-7-3-6-12(2)8-9-13/h10H,3-9H2,1-2H3,(H,14,15). The van der Waals surface area contributed by atoms with E-state index >= 15 is 0 Å². The summed E-state index contributed by atoms with van der Waals surface area (Å²) in [7, 11) is 2.14. The first-order chi connectivity index (χ1) is 7.09. The molecule has 0 aromatic rings. The average Bonchev–Trinajstić information content (AvgIpc) is 2.39. The predicted molar refractivity (Wildman–Crippen MR) is 60.0 cm³/mol. The fourth-order valence-corrected chi connectivity index (χ4v) is 2.02. The summed E-state index contributed by atoms with van der Waals surface area (Å²) in [5, 5.41) is 8.63. The quantitative estimate of drug-likeness (QED) is 0.754. The zero-order chi connectivity index (χ0) is 11.3. The molecular formula is C11H22N2O2. The third-order valence-corrected chi connectivity index (χ3v) is 3.15. The fourth-order valence-electron chi connectivity index (χ4n) is 2.02. The van der Waals surface area contributed by atoms with Crippen molar-refractivity contribution < 1.29 is 9.90 Å². The molecule has 0 amide bonds. The predicted octanol–water partition coefficient (Wildman–Crippen LogP) is 0.877. The van der Waals surface area contributed by atoms with Crippen LogP contribution in [-0.4, -0.2) is 60.1 Å². The number of nitrogens with zero attached hydrogens (tertiary/aromatic N) is 2. The summed E-state index contributed by atoms with van der Waals surface area (Å²) in [5.41, 5.74) is 0. The average molecular weight is 214 g/mol. The van der Waals surface area contributed by atoms with Crippen molar-refractivity contribution in [2.24, 2.45) is 0 Å². The van der Waals surface area contributed by atoms with Gasteiger partial charge in [0.25, 0.3) is 0 Å². The SMILES string of the molecule is CC(CCC(=O)O)N1CCCN(C)CC1. The van der Waals surface area contributed by atoms with Gasteiger partial charge in [0.1, 0.15) is 0 Å². The molecule has 1 aliphatic heterocycles. The number of hydrogen-bond donors (Lipinski definition) is 1. The Hall–Kier alpha value is -0.610. The zero-order valence-corrected chi connectivity index (χ0v) is 9.78. The van der Waals surface area contributed by atoms with Gasteiger partial charge in [-0.2, -0.15) is 0 Å². The Balaban J connectivity index is 2.31. The molecule has 1 aliphatic rings. The van der Waals surface area contributed by atoms with E-state index in [1.807, 2.05) is 0 Å². The number of carbonyl (C=O) groups is 1. The van der Waals surface area contributed by atoms with Gasteiger partial charge in [-0.15, -0.1) is 0 Å². The molecule has 1 rings (SSSR count). The highest BCUT2D eigenvalue weighted by atomic mass is 16.4. The van der Waals surface area contributed by atoms with Gasteiger partial charge in [-0.25, -0.2) is 0 Å². The summed E-state index contributed by atoms with van der Waals surface area (Å²) in [5.74, 6) is -0.686. The van der Waals surface area contributed by atoms with E-state index in [1.54, 1.807) is 0 Å². The third kappa shape index (κ3) is 4.62. The second-order valence-corrected chi connectivity index (χ2v) is 4.47. The maximum absolute atomic E-state index is 10.5. The van der Waals surface area contributed by atoms with Gasteiger partial charge in [0, 0.05) is 25.6 Å². The van der Waals surface area contributed by atoms with Crippen molar-refractivity contribution in [3.8, 4) is 0 Å². The molecule has 4 heteroatoms. The molecule has 15 heavy (non-hydrogen) atoms. The number of carboxylic acids is 1. The van der Waals surface area contributed by atoms with Crippen LogP contribution >= 0.6 is 0 Å². The molecule has 1 heterocycles. The van der Waals surface area contributed by atoms with Crippen molar-refractivity contribution in [2.45, 2.75) is 32.2 Å². The van der Waals surface area contributed by atoms with E-state index in [9.17, 15) is 4.79 Å². The molecule has 4 nitrogen and oxygen atoms in total. The second kappa shape index (κ2) is 6.08. The minimum Gasteiger partial charge on any atom is -0.481 e. The Morgan fingerprint density at radius 3 is 2.73 bits per heavy atom. The van der Waals surface area contributed by atoms with Crippen molar-refractivity contribution in [2.75, 3.05) is 33.2 Å². The molecule has 1 N–H and O–H groups in total. The zero-order valence-electron chi connectivity index (χ0n) is 9.78. The summed E-state index contributed by atoms with van der Waals surface area (Å²) >= 11 is 0. The lowest BCUT2D eigenvalue weighted by Crippen LogP contribution is -2.36. The van der Waals surface area contributed by atoms with E-state index in [2.05, 4.69) is 23.8 Å². The maximum Gasteiger partial charge on any atom is 0.303 e. The fraction of sp³-hybridized carbons (Fsp3) is 0.909. The van der Waals surface area contributed by atoms with E-state index in [1.165, 1.54) is 6.42 Å². The second-order valence-electron chi connectivity index (χ2n) is 4.47. The Morgan fingerprint density at radius 1 is 1.33 bits per heavy atom. The van der Waals surface area contributed by atoms with Gasteiger partial charge < -0.3 is 10.0 Å². The van der Waals surface area contributed by atoms with Crippen molar-refractivity contribution in [3.63, 3.8) is 0 Å². The van der Waals surface area contributed by atoms with Crippen LogP contribution in [0, 0.1) is 0 Å². The Labute approximate surface area is 91.9 Å². The van der Waals surface area contributed by atoms with Crippen LogP contribution in [-0.2, 0) is 4.79 Å². The van der Waals surface area contributed by atoms with E-state index in [-0.39, 0.29) is 6.42 Å². The number of aliphatic carboxylic acids is 1. The van der Waals surface area contributed by atoms with Gasteiger partial charge in [0.05, 0.1) is 0 Å². The van der Waals surface area contributed by atoms with Crippen molar-refractivity contribution in [1.29, 1.82) is 0 Å². The minimum absolute atomic E-state index is 0.285. The highest BCUT2D eigenvalue weighted by molar-refractivity contribution is 5.66. The first-order valence-corrected chi connectivity index (χ1v) is 5.74. The van der Waals surface area contributed by atoms with E-state index in [0.29, 0.717) is 6.04 Å². The van der Waals surface area contributed by atoms with Gasteiger partial charge in [0.15, 0.2) is 0 Å². The van der Waals surface area contributed by atoms with Gasteiger partial charge in [0.2, 0.25) is 0 Å². The third-order valence-electron chi connectivity index (χ3n) is 3.15. The maximum atomic E-state index is 10.5. The highest BCUT2D eigenvalue weighted by Crippen LogP contribution is 2.10. The Kier molecular flexibility index (Phi) is 5.05. The van der Waals surface area contributed by atoms with Crippen LogP contribution in [0.15, 0.2) is 0 Å². The van der Waals surface area contributed by atoms with Crippen LogP contribution in [0.2, 0.25) is 0 Å². The smallest absolute Gasteiger partial charge is 0.303 e. The molecule has 0 saturated carbocycles. The molecule has 0 bridgehead atoms. The van der Waals surface area contributed by atoms with Gasteiger partial charge in [-0.1, -0.05) is 0 Å². The lowest BCUT2D eigenvalue weighted by Gasteiger charge is -2.27. The molecule has 0 spiro atoms. The molecule has 1 unspecified atom stereocenters. The van der Waals surface area contributed by atoms with Crippen LogP contribution < -0.4 is 0 Å². The molecule has 1 fully saturated rings. The Bertz CT molecular complexity index is 209. The van der Waals surface area contributed by atoms with Crippen molar-refractivity contribution in [3.05, 3.63) is 0 Å². The lowest BCUT2D eigenvalue weighted by molar-refractivity contribution is -0.137. The minimum atomic E-state index is -0.686. The van der Waals surface area contributed by atoms with Gasteiger partial charge >= 0.3 is 5.97 Å². The molecule has 0 aromatic heterocycles. The summed E-state index contributed by atoms with van der Waals surface area (Å²) in [6.45, 7) is 6.55. The van der Waals surface area contributed by atoms with Gasteiger partial charge in [-0.3, -0.25) is 9.69 Å². The van der Waals surface area contributed by atoms with Gasteiger partial charge in [-0.05, 0) is 39.9 Å². The molecule has 88 valence electrons. The molecule has 1 atom stereocenters. The highest BCUT2D eigenvalue weighted by Gasteiger charge is 2.17. The number of carboxylic acid groups (broad SMARTS) is 1. The monoisotopic (exact) mass is 214 g/mol. The molecule has 0 radical (unpaired) electrons. The topological polar surface area (TPSA) is 43.8 Å². The molecule has 0 aromatic carbocycles. The normalized spacial score (nSPS) is 22.3. The summed E-state index contributed by atoms with van der Waals surface area (Å²) < 4.78 is 0. The molecule has 0 aliphatic carbocycles. The lowest BCUT2D eigenvalue weighted by atomic mass is 10.1. The number of likely N-dealkylation sites (N-methyl/N-ethyl adjacent to an activating group) is 1. The van der Waals surface area contributed by atoms with Crippen LogP contribution in [0.3, 0.4) is 0 Å². The summed E-state index contributed by atoms with van der Waals surface area (Å²) in [4.78, 5) is 15.2. The molecule has 1 saturated heterocycles. The Morgan fingerprint density at radius 2 is 2.07 bits per heavy atom. The largest absolute Gasteiger partial charge is 0.481 e. The van der Waals surface area contributed by atoms with Crippen LogP contribution in [0.4, 0.5) is 0 Å². The summed E-state index contributed by atoms with van der Waals surface area (Å²) in [6, 6.07) is 0.396. The van der Waals surface area contributed by atoms with Crippen molar-refractivity contribution in [1.82, 2.24) is 9.80 Å². The van der Waals surface area contributed by atoms with Crippen molar-refractivity contribution >= 4 is 5.97 Å². The van der Waals surface area contributed by atoms with E-state index < -0.39 is 5.97 Å².